The number of aromatic nitrogens is 1. The molecular formula is C15H17FN2. The molecule has 1 aromatic heterocycles. The molecule has 1 unspecified atom stereocenters. The van der Waals surface area contributed by atoms with Gasteiger partial charge in [-0.15, -0.1) is 0 Å². The molecule has 18 heavy (non-hydrogen) atoms. The van der Waals surface area contributed by atoms with Gasteiger partial charge in [-0.3, -0.25) is 4.98 Å². The normalized spacial score (nSPS) is 14.2. The summed E-state index contributed by atoms with van der Waals surface area (Å²) in [4.78, 5) is 4.14. The summed E-state index contributed by atoms with van der Waals surface area (Å²) in [6.45, 7) is 4.04. The SMILES string of the molecule is CCC(N)(c1ccc(F)cn1)c1ccccc1C. The Bertz CT molecular complexity index is 536. The number of aryl methyl sites for hydroxylation is 1. The first-order chi connectivity index (χ1) is 8.58. The number of hydrogen-bond acceptors (Lipinski definition) is 2. The summed E-state index contributed by atoms with van der Waals surface area (Å²) in [5, 5.41) is 0. The van der Waals surface area contributed by atoms with Gasteiger partial charge in [0.25, 0.3) is 0 Å². The van der Waals surface area contributed by atoms with Crippen LogP contribution in [0.5, 0.6) is 0 Å². The van der Waals surface area contributed by atoms with Crippen LogP contribution in [0.25, 0.3) is 0 Å². The molecule has 1 atom stereocenters. The second-order valence-electron chi connectivity index (χ2n) is 4.50. The maximum atomic E-state index is 13.0. The van der Waals surface area contributed by atoms with Crippen LogP contribution in [0.2, 0.25) is 0 Å². The molecule has 0 bridgehead atoms. The van der Waals surface area contributed by atoms with Crippen LogP contribution in [0.15, 0.2) is 42.6 Å². The Morgan fingerprint density at radius 2 is 1.94 bits per heavy atom. The fraction of sp³-hybridized carbons (Fsp3) is 0.267. The highest BCUT2D eigenvalue weighted by atomic mass is 19.1. The van der Waals surface area contributed by atoms with E-state index in [0.29, 0.717) is 12.1 Å². The van der Waals surface area contributed by atoms with E-state index in [1.54, 1.807) is 6.07 Å². The van der Waals surface area contributed by atoms with Gasteiger partial charge < -0.3 is 5.73 Å². The summed E-state index contributed by atoms with van der Waals surface area (Å²) in [5.41, 5.74) is 8.69. The molecule has 3 heteroatoms. The third kappa shape index (κ3) is 2.14. The molecule has 0 radical (unpaired) electrons. The van der Waals surface area contributed by atoms with Crippen molar-refractivity contribution in [2.45, 2.75) is 25.8 Å². The van der Waals surface area contributed by atoms with Crippen LogP contribution in [0.4, 0.5) is 4.39 Å². The van der Waals surface area contributed by atoms with E-state index >= 15 is 0 Å². The van der Waals surface area contributed by atoms with Gasteiger partial charge in [-0.05, 0) is 36.6 Å². The molecule has 0 fully saturated rings. The molecule has 2 N–H and O–H groups in total. The van der Waals surface area contributed by atoms with Gasteiger partial charge >= 0.3 is 0 Å². The molecule has 0 saturated carbocycles. The quantitative estimate of drug-likeness (QED) is 0.900. The molecule has 94 valence electrons. The van der Waals surface area contributed by atoms with E-state index in [0.717, 1.165) is 11.1 Å². The first-order valence-corrected chi connectivity index (χ1v) is 6.05. The van der Waals surface area contributed by atoms with E-state index in [2.05, 4.69) is 4.98 Å². The van der Waals surface area contributed by atoms with Crippen LogP contribution in [0.3, 0.4) is 0 Å². The Morgan fingerprint density at radius 3 is 2.50 bits per heavy atom. The Labute approximate surface area is 107 Å². The fourth-order valence-electron chi connectivity index (χ4n) is 2.22. The third-order valence-corrected chi connectivity index (χ3v) is 3.37. The largest absolute Gasteiger partial charge is 0.316 e. The zero-order valence-electron chi connectivity index (χ0n) is 10.7. The lowest BCUT2D eigenvalue weighted by Gasteiger charge is -2.29. The number of nitrogens with two attached hydrogens (primary N) is 1. The van der Waals surface area contributed by atoms with Crippen molar-refractivity contribution in [3.63, 3.8) is 0 Å². The Morgan fingerprint density at radius 1 is 1.22 bits per heavy atom. The fourth-order valence-corrected chi connectivity index (χ4v) is 2.22. The van der Waals surface area contributed by atoms with Gasteiger partial charge in [-0.2, -0.15) is 0 Å². The van der Waals surface area contributed by atoms with Crippen molar-refractivity contribution >= 4 is 0 Å². The number of hydrogen-bond donors (Lipinski definition) is 1. The minimum atomic E-state index is -0.668. The highest BCUT2D eigenvalue weighted by Gasteiger charge is 2.30. The Hall–Kier alpha value is -1.74. The molecule has 2 nitrogen and oxygen atoms in total. The number of halogens is 1. The highest BCUT2D eigenvalue weighted by Crippen LogP contribution is 2.30. The summed E-state index contributed by atoms with van der Waals surface area (Å²) in [6.07, 6.45) is 1.92. The third-order valence-electron chi connectivity index (χ3n) is 3.37. The summed E-state index contributed by atoms with van der Waals surface area (Å²) in [6, 6.07) is 11.0. The van der Waals surface area contributed by atoms with Gasteiger partial charge in [0.05, 0.1) is 17.4 Å². The van der Waals surface area contributed by atoms with Crippen molar-refractivity contribution in [3.8, 4) is 0 Å². The topological polar surface area (TPSA) is 38.9 Å². The van der Waals surface area contributed by atoms with Gasteiger partial charge in [0.15, 0.2) is 0 Å². The molecule has 0 saturated heterocycles. The lowest BCUT2D eigenvalue weighted by molar-refractivity contribution is 0.496. The van der Waals surface area contributed by atoms with Crippen molar-refractivity contribution in [2.24, 2.45) is 5.73 Å². The van der Waals surface area contributed by atoms with Crippen LogP contribution >= 0.6 is 0 Å². The van der Waals surface area contributed by atoms with E-state index in [9.17, 15) is 4.39 Å². The number of nitrogens with zero attached hydrogens (tertiary/aromatic N) is 1. The average Bonchev–Trinajstić information content (AvgIpc) is 2.39. The van der Waals surface area contributed by atoms with Crippen molar-refractivity contribution in [3.05, 3.63) is 65.2 Å². The van der Waals surface area contributed by atoms with Gasteiger partial charge in [0.2, 0.25) is 0 Å². The van der Waals surface area contributed by atoms with Crippen molar-refractivity contribution in [1.82, 2.24) is 4.98 Å². The van der Waals surface area contributed by atoms with Crippen LogP contribution in [0, 0.1) is 12.7 Å². The zero-order valence-corrected chi connectivity index (χ0v) is 10.7. The Kier molecular flexibility index (Phi) is 3.43. The highest BCUT2D eigenvalue weighted by molar-refractivity contribution is 5.39. The van der Waals surface area contributed by atoms with Crippen molar-refractivity contribution in [2.75, 3.05) is 0 Å². The van der Waals surface area contributed by atoms with Gasteiger partial charge in [0.1, 0.15) is 5.82 Å². The maximum absolute atomic E-state index is 13.0. The van der Waals surface area contributed by atoms with E-state index in [-0.39, 0.29) is 5.82 Å². The van der Waals surface area contributed by atoms with Crippen LogP contribution in [-0.2, 0) is 5.54 Å². The summed E-state index contributed by atoms with van der Waals surface area (Å²) < 4.78 is 13.0. The molecule has 1 heterocycles. The van der Waals surface area contributed by atoms with Gasteiger partial charge in [-0.25, -0.2) is 4.39 Å². The number of pyridine rings is 1. The maximum Gasteiger partial charge on any atom is 0.141 e. The van der Waals surface area contributed by atoms with Gasteiger partial charge in [0, 0.05) is 0 Å². The smallest absolute Gasteiger partial charge is 0.141 e. The summed E-state index contributed by atoms with van der Waals surface area (Å²) in [7, 11) is 0. The lowest BCUT2D eigenvalue weighted by atomic mass is 9.82. The zero-order chi connectivity index (χ0) is 13.2. The lowest BCUT2D eigenvalue weighted by Crippen LogP contribution is -2.38. The monoisotopic (exact) mass is 244 g/mol. The number of rotatable bonds is 3. The molecule has 0 aliphatic carbocycles. The average molecular weight is 244 g/mol. The molecule has 2 rings (SSSR count). The second-order valence-corrected chi connectivity index (χ2v) is 4.50. The van der Waals surface area contributed by atoms with Crippen molar-refractivity contribution in [1.29, 1.82) is 0 Å². The predicted octanol–water partition coefficient (Wildman–Crippen LogP) is 3.14. The summed E-state index contributed by atoms with van der Waals surface area (Å²) >= 11 is 0. The van der Waals surface area contributed by atoms with E-state index < -0.39 is 5.54 Å². The first kappa shape index (κ1) is 12.7. The minimum absolute atomic E-state index is 0.345. The Balaban J connectivity index is 2.55. The molecule has 0 aliphatic heterocycles. The molecule has 0 amide bonds. The molecule has 2 aromatic rings. The van der Waals surface area contributed by atoms with Crippen LogP contribution in [-0.4, -0.2) is 4.98 Å². The van der Waals surface area contributed by atoms with Crippen molar-refractivity contribution < 1.29 is 4.39 Å². The standard InChI is InChI=1S/C15H17FN2/c1-3-15(17,13-7-5-4-6-11(13)2)14-9-8-12(16)10-18-14/h4-10H,3,17H2,1-2H3. The molecule has 1 aromatic carbocycles. The minimum Gasteiger partial charge on any atom is -0.316 e. The van der Waals surface area contributed by atoms with Gasteiger partial charge in [-0.1, -0.05) is 31.2 Å². The van der Waals surface area contributed by atoms with Crippen LogP contribution in [0.1, 0.15) is 30.2 Å². The summed E-state index contributed by atoms with van der Waals surface area (Å²) in [5.74, 6) is -0.345. The van der Waals surface area contributed by atoms with E-state index in [1.165, 1.54) is 12.3 Å². The van der Waals surface area contributed by atoms with Crippen LogP contribution < -0.4 is 5.73 Å². The van der Waals surface area contributed by atoms with E-state index in [4.69, 9.17) is 5.73 Å². The number of benzene rings is 1. The first-order valence-electron chi connectivity index (χ1n) is 6.05. The molecule has 0 aliphatic rings. The molecule has 0 spiro atoms. The van der Waals surface area contributed by atoms with E-state index in [1.807, 2.05) is 38.1 Å². The predicted molar refractivity (Wildman–Crippen MR) is 70.6 cm³/mol. The molecular weight excluding hydrogens is 227 g/mol. The second kappa shape index (κ2) is 4.86.